The zero-order valence-electron chi connectivity index (χ0n) is 45.5. The molecule has 17 nitrogen and oxygen atoms in total. The predicted octanol–water partition coefficient (Wildman–Crippen LogP) is 10.1. The lowest BCUT2D eigenvalue weighted by atomic mass is 10.0. The first-order chi connectivity index (χ1) is 33.6. The maximum absolute atomic E-state index is 14.9. The van der Waals surface area contributed by atoms with Gasteiger partial charge in [0, 0.05) is 24.8 Å². The average molecular weight is 1040 g/mol. The van der Waals surface area contributed by atoms with Gasteiger partial charge in [0.2, 0.25) is 11.8 Å². The number of likely N-dealkylation sites (tertiary alicyclic amines) is 1. The number of nitrogens with zero attached hydrogens (tertiary/aromatic N) is 1. The molecule has 7 N–H and O–H groups in total. The second-order valence-corrected chi connectivity index (χ2v) is 32.8. The van der Waals surface area contributed by atoms with Gasteiger partial charge in [0.05, 0.1) is 23.9 Å². The number of nitrogens with one attached hydrogen (secondary N) is 5. The molecule has 0 aromatic heterocycles. The molecule has 2 aliphatic rings. The van der Waals surface area contributed by atoms with E-state index in [4.69, 9.17) is 24.1 Å². The molecule has 2 fully saturated rings. The molecule has 4 rings (SSSR count). The van der Waals surface area contributed by atoms with Gasteiger partial charge in [-0.25, -0.2) is 14.4 Å². The molecule has 2 aromatic carbocycles. The van der Waals surface area contributed by atoms with Gasteiger partial charge in [0.25, 0.3) is 14.2 Å². The van der Waals surface area contributed by atoms with E-state index < -0.39 is 58.8 Å². The minimum atomic E-state index is -2.45. The van der Waals surface area contributed by atoms with Crippen LogP contribution in [0.3, 0.4) is 0 Å². The zero-order valence-corrected chi connectivity index (χ0v) is 47.5. The highest BCUT2D eigenvalue weighted by atomic mass is 28.4. The van der Waals surface area contributed by atoms with Crippen LogP contribution in [0.1, 0.15) is 130 Å². The summed E-state index contributed by atoms with van der Waals surface area (Å²) in [5.74, 6) is -1.04. The van der Waals surface area contributed by atoms with Crippen molar-refractivity contribution in [3.05, 3.63) is 65.7 Å². The Kier molecular flexibility index (Phi) is 20.6. The number of benzene rings is 2. The fourth-order valence-electron chi connectivity index (χ4n) is 9.48. The van der Waals surface area contributed by atoms with Crippen molar-refractivity contribution >= 4 is 63.9 Å². The molecule has 1 aliphatic heterocycles. The molecule has 3 atom stereocenters. The largest absolute Gasteiger partial charge is 0.542 e. The number of rotatable bonds is 24. The van der Waals surface area contributed by atoms with Crippen LogP contribution in [-0.2, 0) is 30.1 Å². The van der Waals surface area contributed by atoms with Crippen LogP contribution in [0.15, 0.2) is 49.1 Å². The van der Waals surface area contributed by atoms with Crippen LogP contribution in [0, 0.1) is 18.3 Å². The van der Waals surface area contributed by atoms with Crippen LogP contribution in [0.4, 0.5) is 25.8 Å². The van der Waals surface area contributed by atoms with E-state index in [2.05, 4.69) is 109 Å². The van der Waals surface area contributed by atoms with Crippen molar-refractivity contribution in [1.29, 1.82) is 0 Å². The van der Waals surface area contributed by atoms with Gasteiger partial charge < -0.3 is 50.2 Å². The van der Waals surface area contributed by atoms with Crippen LogP contribution < -0.4 is 36.7 Å². The number of alkyl carbamates (subject to hydrolysis) is 1. The second kappa shape index (κ2) is 25.0. The fourth-order valence-corrected chi connectivity index (χ4v) is 15.8. The summed E-state index contributed by atoms with van der Waals surface area (Å²) < 4.78 is 24.7. The van der Waals surface area contributed by atoms with E-state index in [1.165, 1.54) is 6.08 Å². The molecule has 7 amide bonds. The Hall–Kier alpha value is -5.41. The molecular formula is C53H85N7O10Si2. The van der Waals surface area contributed by atoms with Gasteiger partial charge in [-0.1, -0.05) is 101 Å². The van der Waals surface area contributed by atoms with Gasteiger partial charge in [-0.15, -0.1) is 0 Å². The van der Waals surface area contributed by atoms with Crippen molar-refractivity contribution in [2.24, 2.45) is 17.1 Å². The molecule has 72 heavy (non-hydrogen) atoms. The molecule has 1 saturated carbocycles. The first kappa shape index (κ1) is 59.2. The maximum atomic E-state index is 14.9. The lowest BCUT2D eigenvalue weighted by Crippen LogP contribution is -2.54. The molecule has 0 radical (unpaired) electrons. The third-order valence-corrected chi connectivity index (χ3v) is 25.3. The van der Waals surface area contributed by atoms with E-state index in [0.717, 1.165) is 24.8 Å². The van der Waals surface area contributed by atoms with Gasteiger partial charge in [0.1, 0.15) is 31.0 Å². The number of anilines is 2. The lowest BCUT2D eigenvalue weighted by Gasteiger charge is -2.42. The number of urea groups is 1. The summed E-state index contributed by atoms with van der Waals surface area (Å²) in [5.41, 5.74) is 8.65. The van der Waals surface area contributed by atoms with E-state index in [9.17, 15) is 28.8 Å². The van der Waals surface area contributed by atoms with Crippen molar-refractivity contribution in [2.75, 3.05) is 36.9 Å². The van der Waals surface area contributed by atoms with Gasteiger partial charge in [-0.3, -0.25) is 19.7 Å². The quantitative estimate of drug-likeness (QED) is 0.0331. The molecule has 0 unspecified atom stereocenters. The van der Waals surface area contributed by atoms with Crippen LogP contribution in [0.2, 0.25) is 34.8 Å². The number of ether oxygens (including phenoxy) is 2. The number of carbonyl (C=O) groups is 6. The summed E-state index contributed by atoms with van der Waals surface area (Å²) in [6.45, 7) is 34.4. The molecule has 1 heterocycles. The number of aryl methyl sites for hydroxylation is 1. The minimum absolute atomic E-state index is 0.0149. The van der Waals surface area contributed by atoms with Crippen LogP contribution in [0.5, 0.6) is 5.75 Å². The fraction of sp³-hybridized carbons (Fsp3) is 0.623. The Bertz CT molecular complexity index is 2220. The van der Waals surface area contributed by atoms with Crippen molar-refractivity contribution in [3.8, 4) is 5.75 Å². The average Bonchev–Trinajstić information content (AvgIpc) is 3.95. The summed E-state index contributed by atoms with van der Waals surface area (Å²) in [7, 11) is -4.56. The van der Waals surface area contributed by atoms with Crippen molar-refractivity contribution in [1.82, 2.24) is 20.9 Å². The summed E-state index contributed by atoms with van der Waals surface area (Å²) in [6, 6.07) is 7.40. The van der Waals surface area contributed by atoms with E-state index in [1.807, 2.05) is 17.9 Å². The molecule has 400 valence electrons. The Morgan fingerprint density at radius 1 is 0.875 bits per heavy atom. The minimum Gasteiger partial charge on any atom is -0.542 e. The molecule has 1 spiro atoms. The highest BCUT2D eigenvalue weighted by Gasteiger charge is 2.54. The lowest BCUT2D eigenvalue weighted by molar-refractivity contribution is -0.128. The molecule has 1 aliphatic carbocycles. The number of hydrogen-bond donors (Lipinski definition) is 6. The zero-order chi connectivity index (χ0) is 53.9. The second-order valence-electron chi connectivity index (χ2n) is 22.6. The SMILES string of the molecule is C=CCOC(=O)N[C@H](C(=O)N[C@@H](CCCNC(N)=O)C(=O)Nc1ccc(COC(=O)Nc2cc(O[Si](C(C)C)(C(C)C)C(C)C)c(C)cc2C(=O)N2CC3(CC3)C[C@H]2CO[Si](C)(C)C(C)(C)C)cc1)C(C)C. The number of amides is 7. The van der Waals surface area contributed by atoms with Gasteiger partial charge in [-0.05, 0) is 114 Å². The van der Waals surface area contributed by atoms with Gasteiger partial charge in [0.15, 0.2) is 8.32 Å². The first-order valence-corrected chi connectivity index (χ1v) is 30.6. The molecule has 1 saturated heterocycles. The van der Waals surface area contributed by atoms with Crippen molar-refractivity contribution in [3.63, 3.8) is 0 Å². The predicted molar refractivity (Wildman–Crippen MR) is 288 cm³/mol. The topological polar surface area (TPSA) is 229 Å². The molecule has 19 heteroatoms. The van der Waals surface area contributed by atoms with Crippen molar-refractivity contribution < 1.29 is 47.1 Å². The normalized spacial score (nSPS) is 16.3. The maximum Gasteiger partial charge on any atom is 0.411 e. The Morgan fingerprint density at radius 2 is 1.50 bits per heavy atom. The van der Waals surface area contributed by atoms with Gasteiger partial charge >= 0.3 is 18.2 Å². The van der Waals surface area contributed by atoms with Crippen LogP contribution in [-0.4, -0.2) is 102 Å². The Morgan fingerprint density at radius 3 is 2.04 bits per heavy atom. The Balaban J connectivity index is 1.55. The Labute approximate surface area is 430 Å². The highest BCUT2D eigenvalue weighted by Crippen LogP contribution is 2.55. The van der Waals surface area contributed by atoms with E-state index in [0.29, 0.717) is 47.8 Å². The monoisotopic (exact) mass is 1040 g/mol. The van der Waals surface area contributed by atoms with E-state index in [1.54, 1.807) is 44.2 Å². The smallest absolute Gasteiger partial charge is 0.411 e. The number of primary amides is 1. The first-order valence-electron chi connectivity index (χ1n) is 25.6. The molecule has 0 bridgehead atoms. The van der Waals surface area contributed by atoms with E-state index in [-0.39, 0.29) is 71.1 Å². The number of carbonyl (C=O) groups excluding carboxylic acids is 6. The summed E-state index contributed by atoms with van der Waals surface area (Å²) in [5, 5.41) is 13.5. The van der Waals surface area contributed by atoms with Gasteiger partial charge in [-0.2, -0.15) is 0 Å². The van der Waals surface area contributed by atoms with E-state index >= 15 is 0 Å². The third kappa shape index (κ3) is 15.6. The standard InChI is InChI=1S/C53H85N7O10Si2/c1-16-26-67-51(66)59-45(33(2)3)47(62)57-42(18-17-25-55-49(54)64)46(61)56-39-21-19-38(20-22-39)30-68-50(65)58-43-28-44(70-72(34(4)5,35(6)7)36(8)9)37(10)27-41(43)48(63)60-32-53(23-24-53)29-40(60)31-69-71(14,15)52(11,12)13/h16,19-22,27-28,33-36,40,42,45H,1,17-18,23-26,29-32H2,2-15H3,(H,56,61)(H,57,62)(H,58,65)(H,59,66)(H3,54,55,64)/t40-,42-,45-/m0/s1. The molecule has 2 aromatic rings. The molecular weight excluding hydrogens is 951 g/mol. The van der Waals surface area contributed by atoms with Crippen LogP contribution >= 0.6 is 0 Å². The van der Waals surface area contributed by atoms with Crippen LogP contribution in [0.25, 0.3) is 0 Å². The number of hydrogen-bond acceptors (Lipinski definition) is 10. The third-order valence-electron chi connectivity index (χ3n) is 14.8. The number of nitrogens with two attached hydrogens (primary N) is 1. The summed E-state index contributed by atoms with van der Waals surface area (Å²) >= 11 is 0. The highest BCUT2D eigenvalue weighted by molar-refractivity contribution is 6.78. The summed E-state index contributed by atoms with van der Waals surface area (Å²) in [6.07, 6.45) is 3.28. The van der Waals surface area contributed by atoms with Crippen molar-refractivity contribution in [2.45, 2.75) is 175 Å². The summed E-state index contributed by atoms with van der Waals surface area (Å²) in [4.78, 5) is 81.4.